The van der Waals surface area contributed by atoms with Gasteiger partial charge in [-0.25, -0.2) is 8.42 Å². The molecule has 0 unspecified atom stereocenters. The molecule has 8 heteroatoms. The molecule has 2 aromatic rings. The molecule has 116 valence electrons. The summed E-state index contributed by atoms with van der Waals surface area (Å²) in [5.41, 5.74) is 0.630. The van der Waals surface area contributed by atoms with Crippen LogP contribution in [0.3, 0.4) is 0 Å². The minimum absolute atomic E-state index is 0.0524. The fourth-order valence-corrected chi connectivity index (χ4v) is 3.71. The fraction of sp³-hybridized carbons (Fsp3) is 0.357. The number of halogens is 1. The molecule has 0 aliphatic heterocycles. The van der Waals surface area contributed by atoms with Gasteiger partial charge in [-0.15, -0.1) is 10.2 Å². The van der Waals surface area contributed by atoms with Crippen molar-refractivity contribution in [1.29, 1.82) is 5.26 Å². The first-order chi connectivity index (χ1) is 10.5. The van der Waals surface area contributed by atoms with E-state index in [1.807, 2.05) is 6.07 Å². The first kappa shape index (κ1) is 16.5. The molecule has 0 saturated carbocycles. The summed E-state index contributed by atoms with van der Waals surface area (Å²) in [5, 5.41) is 16.6. The SMILES string of the molecule is Cn1c(-c2ccccc2Cl)nnc1S(=O)(=O)CCCCC#N. The summed E-state index contributed by atoms with van der Waals surface area (Å²) in [4.78, 5) is 0. The van der Waals surface area contributed by atoms with Gasteiger partial charge in [0.05, 0.1) is 16.8 Å². The monoisotopic (exact) mass is 338 g/mol. The van der Waals surface area contributed by atoms with Crippen molar-refractivity contribution < 1.29 is 8.42 Å². The molecule has 0 fully saturated rings. The average molecular weight is 339 g/mol. The lowest BCUT2D eigenvalue weighted by Gasteiger charge is -2.06. The van der Waals surface area contributed by atoms with E-state index in [9.17, 15) is 8.42 Å². The Morgan fingerprint density at radius 1 is 1.27 bits per heavy atom. The topological polar surface area (TPSA) is 88.6 Å². The standard InChI is InChI=1S/C14H15ClN4O2S/c1-19-13(11-7-3-4-8-12(11)15)17-18-14(19)22(20,21)10-6-2-5-9-16/h3-4,7-8H,2,5-6,10H2,1H3. The predicted octanol–water partition coefficient (Wildman–Crippen LogP) is 2.60. The van der Waals surface area contributed by atoms with E-state index in [4.69, 9.17) is 16.9 Å². The van der Waals surface area contributed by atoms with Crippen LogP contribution in [0.1, 0.15) is 19.3 Å². The lowest BCUT2D eigenvalue weighted by molar-refractivity contribution is 0.574. The first-order valence-electron chi connectivity index (χ1n) is 6.71. The highest BCUT2D eigenvalue weighted by atomic mass is 35.5. The van der Waals surface area contributed by atoms with Crippen molar-refractivity contribution in [3.05, 3.63) is 29.3 Å². The summed E-state index contributed by atoms with van der Waals surface area (Å²) >= 11 is 6.11. The predicted molar refractivity (Wildman–Crippen MR) is 83.0 cm³/mol. The van der Waals surface area contributed by atoms with Crippen LogP contribution in [0.2, 0.25) is 5.02 Å². The minimum Gasteiger partial charge on any atom is -0.301 e. The van der Waals surface area contributed by atoms with Crippen molar-refractivity contribution in [2.24, 2.45) is 7.05 Å². The van der Waals surface area contributed by atoms with Crippen LogP contribution in [0.25, 0.3) is 11.4 Å². The molecule has 0 saturated heterocycles. The van der Waals surface area contributed by atoms with E-state index in [2.05, 4.69) is 10.2 Å². The second-order valence-corrected chi connectivity index (χ2v) is 7.19. The van der Waals surface area contributed by atoms with E-state index < -0.39 is 9.84 Å². The smallest absolute Gasteiger partial charge is 0.249 e. The molecule has 0 aliphatic rings. The van der Waals surface area contributed by atoms with Crippen LogP contribution >= 0.6 is 11.6 Å². The van der Waals surface area contributed by atoms with E-state index in [0.717, 1.165) is 0 Å². The second-order valence-electron chi connectivity index (χ2n) is 4.78. The van der Waals surface area contributed by atoms with Crippen LogP contribution in [0.5, 0.6) is 0 Å². The third kappa shape index (κ3) is 3.46. The molecular formula is C14H15ClN4O2S. The van der Waals surface area contributed by atoms with Crippen molar-refractivity contribution in [1.82, 2.24) is 14.8 Å². The number of aromatic nitrogens is 3. The molecule has 0 amide bonds. The van der Waals surface area contributed by atoms with Crippen molar-refractivity contribution in [2.75, 3.05) is 5.75 Å². The van der Waals surface area contributed by atoms with Gasteiger partial charge in [-0.3, -0.25) is 0 Å². The van der Waals surface area contributed by atoms with E-state index in [-0.39, 0.29) is 10.9 Å². The number of nitrogens with zero attached hydrogens (tertiary/aromatic N) is 4. The Bertz CT molecular complexity index is 808. The molecule has 0 aliphatic carbocycles. The van der Waals surface area contributed by atoms with Crippen molar-refractivity contribution in [3.8, 4) is 17.5 Å². The number of rotatable bonds is 6. The molecule has 0 N–H and O–H groups in total. The molecule has 1 aromatic heterocycles. The van der Waals surface area contributed by atoms with Crippen molar-refractivity contribution >= 4 is 21.4 Å². The third-order valence-electron chi connectivity index (χ3n) is 3.18. The van der Waals surface area contributed by atoms with Crippen LogP contribution in [-0.4, -0.2) is 28.9 Å². The number of unbranched alkanes of at least 4 members (excludes halogenated alkanes) is 2. The second kappa shape index (κ2) is 6.90. The Balaban J connectivity index is 2.28. The zero-order valence-electron chi connectivity index (χ0n) is 12.0. The summed E-state index contributed by atoms with van der Waals surface area (Å²) in [7, 11) is -1.94. The van der Waals surface area contributed by atoms with Gasteiger partial charge in [0.15, 0.2) is 5.82 Å². The maximum absolute atomic E-state index is 12.3. The van der Waals surface area contributed by atoms with Gasteiger partial charge in [-0.1, -0.05) is 23.7 Å². The van der Waals surface area contributed by atoms with Crippen molar-refractivity contribution in [3.63, 3.8) is 0 Å². The molecular weight excluding hydrogens is 324 g/mol. The van der Waals surface area contributed by atoms with E-state index in [0.29, 0.717) is 35.7 Å². The zero-order chi connectivity index (χ0) is 16.2. The summed E-state index contributed by atoms with van der Waals surface area (Å²) < 4.78 is 26.0. The maximum atomic E-state index is 12.3. The molecule has 0 atom stereocenters. The van der Waals surface area contributed by atoms with Crippen molar-refractivity contribution in [2.45, 2.75) is 24.4 Å². The van der Waals surface area contributed by atoms with Gasteiger partial charge in [0.25, 0.3) is 0 Å². The van der Waals surface area contributed by atoms with Crippen LogP contribution < -0.4 is 0 Å². The molecule has 1 heterocycles. The summed E-state index contributed by atoms with van der Waals surface area (Å²) in [6.45, 7) is 0. The molecule has 0 bridgehead atoms. The molecule has 1 aromatic carbocycles. The Labute approximate surface area is 134 Å². The Kier molecular flexibility index (Phi) is 5.16. The number of sulfone groups is 1. The van der Waals surface area contributed by atoms with Crippen LogP contribution in [-0.2, 0) is 16.9 Å². The number of benzene rings is 1. The van der Waals surface area contributed by atoms with E-state index in [1.54, 1.807) is 31.3 Å². The normalized spacial score (nSPS) is 11.3. The van der Waals surface area contributed by atoms with Gasteiger partial charge in [-0.2, -0.15) is 5.26 Å². The Hall–Kier alpha value is -1.91. The molecule has 0 radical (unpaired) electrons. The van der Waals surface area contributed by atoms with Gasteiger partial charge in [0, 0.05) is 19.0 Å². The highest BCUT2D eigenvalue weighted by Crippen LogP contribution is 2.27. The molecule has 22 heavy (non-hydrogen) atoms. The average Bonchev–Trinajstić information content (AvgIpc) is 2.87. The van der Waals surface area contributed by atoms with Gasteiger partial charge in [0.1, 0.15) is 0 Å². The van der Waals surface area contributed by atoms with Crippen LogP contribution in [0.4, 0.5) is 0 Å². The van der Waals surface area contributed by atoms with Gasteiger partial charge < -0.3 is 4.57 Å². The minimum atomic E-state index is -3.53. The first-order valence-corrected chi connectivity index (χ1v) is 8.74. The number of hydrogen-bond acceptors (Lipinski definition) is 5. The maximum Gasteiger partial charge on any atom is 0.249 e. The molecule has 6 nitrogen and oxygen atoms in total. The summed E-state index contributed by atoms with van der Waals surface area (Å²) in [6, 6.07) is 9.05. The lowest BCUT2D eigenvalue weighted by atomic mass is 10.2. The fourth-order valence-electron chi connectivity index (χ4n) is 2.05. The molecule has 0 spiro atoms. The Morgan fingerprint density at radius 3 is 2.68 bits per heavy atom. The van der Waals surface area contributed by atoms with Crippen LogP contribution in [0.15, 0.2) is 29.4 Å². The third-order valence-corrected chi connectivity index (χ3v) is 5.25. The number of hydrogen-bond donors (Lipinski definition) is 0. The van der Waals surface area contributed by atoms with E-state index in [1.165, 1.54) is 4.57 Å². The summed E-state index contributed by atoms with van der Waals surface area (Å²) in [6.07, 6.45) is 1.31. The lowest BCUT2D eigenvalue weighted by Crippen LogP contribution is -2.13. The number of nitriles is 1. The Morgan fingerprint density at radius 2 is 2.00 bits per heavy atom. The quantitative estimate of drug-likeness (QED) is 0.755. The van der Waals surface area contributed by atoms with Crippen LogP contribution in [0, 0.1) is 11.3 Å². The highest BCUT2D eigenvalue weighted by Gasteiger charge is 2.23. The van der Waals surface area contributed by atoms with E-state index >= 15 is 0 Å². The largest absolute Gasteiger partial charge is 0.301 e. The highest BCUT2D eigenvalue weighted by molar-refractivity contribution is 7.91. The summed E-state index contributed by atoms with van der Waals surface area (Å²) in [5.74, 6) is 0.351. The zero-order valence-corrected chi connectivity index (χ0v) is 13.6. The van der Waals surface area contributed by atoms with Gasteiger partial charge in [0.2, 0.25) is 15.0 Å². The van der Waals surface area contributed by atoms with Gasteiger partial charge in [-0.05, 0) is 25.0 Å². The van der Waals surface area contributed by atoms with Gasteiger partial charge >= 0.3 is 0 Å². The molecule has 2 rings (SSSR count).